The smallest absolute Gasteiger partial charge is 0.170 e. The van der Waals surface area contributed by atoms with Gasteiger partial charge in [-0.1, -0.05) is 35.9 Å². The lowest BCUT2D eigenvalue weighted by molar-refractivity contribution is 0.484. The third-order valence-electron chi connectivity index (χ3n) is 1.93. The molecule has 0 heterocycles. The zero-order valence-corrected chi connectivity index (χ0v) is 8.66. The molecule has 3 heteroatoms. The second kappa shape index (κ2) is 4.24. The predicted molar refractivity (Wildman–Crippen MR) is 60.7 cm³/mol. The molecule has 0 aliphatic carbocycles. The minimum atomic E-state index is 0.284. The molecule has 2 rings (SSSR count). The Morgan fingerprint density at radius 1 is 0.933 bits per heavy atom. The van der Waals surface area contributed by atoms with Crippen LogP contribution < -0.4 is 10.5 Å². The van der Waals surface area contributed by atoms with Crippen LogP contribution in [-0.2, 0) is 0 Å². The molecule has 2 aromatic carbocycles. The number of hydrogen-bond donors (Lipinski definition) is 0. The van der Waals surface area contributed by atoms with Gasteiger partial charge in [0.1, 0.15) is 5.75 Å². The lowest BCUT2D eigenvalue weighted by Crippen LogP contribution is -1.86. The minimum absolute atomic E-state index is 0.284. The molecule has 75 valence electrons. The van der Waals surface area contributed by atoms with Gasteiger partial charge in [-0.15, -0.1) is 0 Å². The first-order valence-corrected chi connectivity index (χ1v) is 4.88. The van der Waals surface area contributed by atoms with Gasteiger partial charge in [-0.25, -0.2) is 0 Å². The third-order valence-corrected chi connectivity index (χ3v) is 2.23. The average molecular weight is 219 g/mol. The van der Waals surface area contributed by atoms with Crippen LogP contribution in [0.3, 0.4) is 0 Å². The van der Waals surface area contributed by atoms with Crippen molar-refractivity contribution in [3.8, 4) is 11.5 Å². The van der Waals surface area contributed by atoms with Gasteiger partial charge in [0.25, 0.3) is 0 Å². The van der Waals surface area contributed by atoms with Crippen molar-refractivity contribution in [2.45, 2.75) is 0 Å². The molecule has 0 amide bonds. The van der Waals surface area contributed by atoms with Crippen molar-refractivity contribution in [2.75, 3.05) is 0 Å². The van der Waals surface area contributed by atoms with Crippen LogP contribution in [0.1, 0.15) is 0 Å². The van der Waals surface area contributed by atoms with E-state index in [1.54, 1.807) is 18.2 Å². The molecule has 0 aliphatic heterocycles. The van der Waals surface area contributed by atoms with Gasteiger partial charge in [0, 0.05) is 0 Å². The first kappa shape index (κ1) is 9.87. The SMILES string of the molecule is [NH]c1cccc(Cl)c1Oc1ccccc1. The summed E-state index contributed by atoms with van der Waals surface area (Å²) in [6.07, 6.45) is 0. The lowest BCUT2D eigenvalue weighted by atomic mass is 10.3. The summed E-state index contributed by atoms with van der Waals surface area (Å²) in [5, 5.41) is 0.450. The fourth-order valence-electron chi connectivity index (χ4n) is 1.22. The Morgan fingerprint density at radius 2 is 1.67 bits per heavy atom. The van der Waals surface area contributed by atoms with Gasteiger partial charge >= 0.3 is 0 Å². The van der Waals surface area contributed by atoms with Crippen LogP contribution in [0.2, 0.25) is 5.02 Å². The molecular formula is C12H9ClNO. The summed E-state index contributed by atoms with van der Waals surface area (Å²) in [5.74, 6) is 1.07. The van der Waals surface area contributed by atoms with Crippen LogP contribution >= 0.6 is 11.6 Å². The van der Waals surface area contributed by atoms with Gasteiger partial charge in [-0.3, -0.25) is 5.73 Å². The van der Waals surface area contributed by atoms with Crippen molar-refractivity contribution in [1.29, 1.82) is 0 Å². The van der Waals surface area contributed by atoms with Crippen molar-refractivity contribution < 1.29 is 4.74 Å². The summed E-state index contributed by atoms with van der Waals surface area (Å²) in [6.45, 7) is 0. The lowest BCUT2D eigenvalue weighted by Gasteiger charge is -2.08. The zero-order chi connectivity index (χ0) is 10.7. The second-order valence-electron chi connectivity index (χ2n) is 3.03. The number of benzene rings is 2. The van der Waals surface area contributed by atoms with Crippen LogP contribution in [0.15, 0.2) is 48.5 Å². The average Bonchev–Trinajstić information content (AvgIpc) is 2.25. The van der Waals surface area contributed by atoms with Gasteiger partial charge in [0.2, 0.25) is 0 Å². The molecule has 2 nitrogen and oxygen atoms in total. The van der Waals surface area contributed by atoms with Gasteiger partial charge in [-0.05, 0) is 24.3 Å². The van der Waals surface area contributed by atoms with E-state index in [0.717, 1.165) is 0 Å². The molecule has 0 atom stereocenters. The largest absolute Gasteiger partial charge is 0.454 e. The molecule has 0 saturated carbocycles. The van der Waals surface area contributed by atoms with E-state index in [4.69, 9.17) is 22.1 Å². The quantitative estimate of drug-likeness (QED) is 0.749. The van der Waals surface area contributed by atoms with E-state index in [-0.39, 0.29) is 5.69 Å². The van der Waals surface area contributed by atoms with E-state index < -0.39 is 0 Å². The van der Waals surface area contributed by atoms with Crippen LogP contribution in [0, 0.1) is 0 Å². The second-order valence-corrected chi connectivity index (χ2v) is 3.44. The predicted octanol–water partition coefficient (Wildman–Crippen LogP) is 4.05. The summed E-state index contributed by atoms with van der Waals surface area (Å²) in [6, 6.07) is 14.4. The number of para-hydroxylation sites is 2. The first-order chi connectivity index (χ1) is 7.27. The van der Waals surface area contributed by atoms with Crippen molar-refractivity contribution in [2.24, 2.45) is 0 Å². The van der Waals surface area contributed by atoms with Gasteiger partial charge in [0.15, 0.2) is 5.75 Å². The number of ether oxygens (including phenoxy) is 1. The van der Waals surface area contributed by atoms with Crippen LogP contribution in [-0.4, -0.2) is 0 Å². The Morgan fingerprint density at radius 3 is 2.33 bits per heavy atom. The van der Waals surface area contributed by atoms with E-state index in [9.17, 15) is 0 Å². The minimum Gasteiger partial charge on any atom is -0.454 e. The number of rotatable bonds is 2. The van der Waals surface area contributed by atoms with Crippen molar-refractivity contribution in [3.63, 3.8) is 0 Å². The normalized spacial score (nSPS) is 9.93. The highest BCUT2D eigenvalue weighted by Gasteiger charge is 2.06. The number of nitrogens with one attached hydrogen (secondary N) is 1. The van der Waals surface area contributed by atoms with Crippen LogP contribution in [0.5, 0.6) is 11.5 Å². The molecule has 0 aromatic heterocycles. The van der Waals surface area contributed by atoms with E-state index in [0.29, 0.717) is 16.5 Å². The summed E-state index contributed by atoms with van der Waals surface area (Å²) >= 11 is 5.93. The Balaban J connectivity index is 2.32. The molecule has 0 bridgehead atoms. The molecular weight excluding hydrogens is 210 g/mol. The van der Waals surface area contributed by atoms with Gasteiger partial charge < -0.3 is 4.74 Å². The maximum absolute atomic E-state index is 7.65. The molecule has 1 radical (unpaired) electrons. The van der Waals surface area contributed by atoms with Crippen LogP contribution in [0.4, 0.5) is 5.69 Å². The Kier molecular flexibility index (Phi) is 2.79. The fourth-order valence-corrected chi connectivity index (χ4v) is 1.43. The standard InChI is InChI=1S/C12H9ClNO/c13-10-7-4-8-11(14)12(10)15-9-5-2-1-3-6-9/h1-8,14H. The maximum Gasteiger partial charge on any atom is 0.170 e. The Bertz CT molecular complexity index is 436. The molecule has 0 saturated heterocycles. The number of halogens is 1. The monoisotopic (exact) mass is 218 g/mol. The Labute approximate surface area is 93.2 Å². The van der Waals surface area contributed by atoms with E-state index >= 15 is 0 Å². The van der Waals surface area contributed by atoms with E-state index in [2.05, 4.69) is 0 Å². The van der Waals surface area contributed by atoms with Gasteiger partial charge in [0.05, 0.1) is 10.7 Å². The summed E-state index contributed by atoms with van der Waals surface area (Å²) in [4.78, 5) is 0. The summed E-state index contributed by atoms with van der Waals surface area (Å²) < 4.78 is 5.52. The highest BCUT2D eigenvalue weighted by Crippen LogP contribution is 2.35. The van der Waals surface area contributed by atoms with Crippen molar-refractivity contribution in [1.82, 2.24) is 5.73 Å². The molecule has 2 aromatic rings. The van der Waals surface area contributed by atoms with Crippen LogP contribution in [0.25, 0.3) is 0 Å². The summed E-state index contributed by atoms with van der Waals surface area (Å²) in [7, 11) is 0. The molecule has 1 N–H and O–H groups in total. The fraction of sp³-hybridized carbons (Fsp3) is 0. The topological polar surface area (TPSA) is 33.0 Å². The maximum atomic E-state index is 7.65. The Hall–Kier alpha value is -1.67. The van der Waals surface area contributed by atoms with Crippen molar-refractivity contribution in [3.05, 3.63) is 53.6 Å². The van der Waals surface area contributed by atoms with Crippen molar-refractivity contribution >= 4 is 17.3 Å². The highest BCUT2D eigenvalue weighted by atomic mass is 35.5. The zero-order valence-electron chi connectivity index (χ0n) is 7.91. The molecule has 0 spiro atoms. The molecule has 0 fully saturated rings. The molecule has 0 unspecified atom stereocenters. The molecule has 15 heavy (non-hydrogen) atoms. The molecule has 0 aliphatic rings. The first-order valence-electron chi connectivity index (χ1n) is 4.50. The third kappa shape index (κ3) is 2.22. The number of hydrogen-bond acceptors (Lipinski definition) is 1. The van der Waals surface area contributed by atoms with E-state index in [1.807, 2.05) is 30.3 Å². The summed E-state index contributed by atoms with van der Waals surface area (Å²) in [5.41, 5.74) is 7.94. The van der Waals surface area contributed by atoms with Gasteiger partial charge in [-0.2, -0.15) is 0 Å². The van der Waals surface area contributed by atoms with E-state index in [1.165, 1.54) is 0 Å². The highest BCUT2D eigenvalue weighted by molar-refractivity contribution is 6.32.